The van der Waals surface area contributed by atoms with Gasteiger partial charge in [0, 0.05) is 23.8 Å². The standard InChI is InChI=1S/C30H31F3O2/c1-3-34-24-14-11-22(12-15-24)27-17-13-23(29(32)30(27)33)10-7-20-5-8-21(9-6-20)26-18-16-25(35-4-2)19-28(26)31/h5-6,8-9,11,13,16-19,24H,3-4,7,10,12,14-15H2,1-2H3. The van der Waals surface area contributed by atoms with Gasteiger partial charge in [0.15, 0.2) is 11.6 Å². The van der Waals surface area contributed by atoms with E-state index in [9.17, 15) is 13.2 Å². The number of hydrogen-bond acceptors (Lipinski definition) is 2. The molecular weight excluding hydrogens is 449 g/mol. The van der Waals surface area contributed by atoms with Gasteiger partial charge in [0.05, 0.1) is 12.7 Å². The van der Waals surface area contributed by atoms with Gasteiger partial charge < -0.3 is 9.47 Å². The maximum absolute atomic E-state index is 14.9. The van der Waals surface area contributed by atoms with Crippen molar-refractivity contribution in [2.24, 2.45) is 0 Å². The molecule has 0 aliphatic heterocycles. The molecule has 35 heavy (non-hydrogen) atoms. The summed E-state index contributed by atoms with van der Waals surface area (Å²) in [5.41, 5.74) is 3.78. The summed E-state index contributed by atoms with van der Waals surface area (Å²) in [6.07, 6.45) is 5.29. The number of ether oxygens (including phenoxy) is 2. The average Bonchev–Trinajstić information content (AvgIpc) is 2.87. The molecule has 0 heterocycles. The van der Waals surface area contributed by atoms with Crippen molar-refractivity contribution in [3.63, 3.8) is 0 Å². The zero-order valence-corrected chi connectivity index (χ0v) is 20.3. The van der Waals surface area contributed by atoms with E-state index in [1.165, 1.54) is 6.07 Å². The maximum atomic E-state index is 14.9. The lowest BCUT2D eigenvalue weighted by molar-refractivity contribution is 0.0579. The topological polar surface area (TPSA) is 18.5 Å². The molecule has 4 rings (SSSR count). The molecule has 0 bridgehead atoms. The molecule has 1 atom stereocenters. The van der Waals surface area contributed by atoms with Crippen molar-refractivity contribution in [3.8, 4) is 16.9 Å². The molecule has 0 fully saturated rings. The zero-order chi connectivity index (χ0) is 24.8. The van der Waals surface area contributed by atoms with Crippen LogP contribution in [0.25, 0.3) is 16.7 Å². The average molecular weight is 481 g/mol. The lowest BCUT2D eigenvalue weighted by atomic mass is 9.90. The Morgan fingerprint density at radius 3 is 2.26 bits per heavy atom. The maximum Gasteiger partial charge on any atom is 0.166 e. The Bertz CT molecular complexity index is 1180. The Kier molecular flexibility index (Phi) is 8.29. The molecule has 3 aromatic carbocycles. The summed E-state index contributed by atoms with van der Waals surface area (Å²) < 4.78 is 55.2. The van der Waals surface area contributed by atoms with Gasteiger partial charge >= 0.3 is 0 Å². The van der Waals surface area contributed by atoms with Crippen LogP contribution in [-0.4, -0.2) is 19.3 Å². The Labute approximate surface area is 205 Å². The van der Waals surface area contributed by atoms with Crippen LogP contribution in [0.2, 0.25) is 0 Å². The second-order valence-electron chi connectivity index (χ2n) is 8.75. The first kappa shape index (κ1) is 25.1. The molecule has 0 aromatic heterocycles. The molecule has 184 valence electrons. The normalized spacial score (nSPS) is 15.7. The van der Waals surface area contributed by atoms with Crippen LogP contribution in [0.4, 0.5) is 13.2 Å². The lowest BCUT2D eigenvalue weighted by Crippen LogP contribution is -2.16. The highest BCUT2D eigenvalue weighted by Crippen LogP contribution is 2.32. The highest BCUT2D eigenvalue weighted by atomic mass is 19.2. The predicted molar refractivity (Wildman–Crippen MR) is 134 cm³/mol. The number of halogens is 3. The van der Waals surface area contributed by atoms with Crippen molar-refractivity contribution in [2.45, 2.75) is 52.1 Å². The quantitative estimate of drug-likeness (QED) is 0.310. The number of allylic oxidation sites excluding steroid dienone is 1. The third-order valence-corrected chi connectivity index (χ3v) is 6.47. The third-order valence-electron chi connectivity index (χ3n) is 6.47. The molecule has 0 radical (unpaired) electrons. The minimum atomic E-state index is -0.775. The molecule has 0 saturated heterocycles. The Morgan fingerprint density at radius 2 is 1.60 bits per heavy atom. The van der Waals surface area contributed by atoms with Gasteiger partial charge in [-0.2, -0.15) is 0 Å². The molecule has 2 nitrogen and oxygen atoms in total. The Morgan fingerprint density at radius 1 is 0.829 bits per heavy atom. The predicted octanol–water partition coefficient (Wildman–Crippen LogP) is 7.93. The van der Waals surface area contributed by atoms with Crippen molar-refractivity contribution in [1.29, 1.82) is 0 Å². The molecule has 0 N–H and O–H groups in total. The second-order valence-corrected chi connectivity index (χ2v) is 8.75. The van der Waals surface area contributed by atoms with Crippen molar-refractivity contribution >= 4 is 5.57 Å². The summed E-state index contributed by atoms with van der Waals surface area (Å²) in [7, 11) is 0. The third kappa shape index (κ3) is 5.96. The minimum Gasteiger partial charge on any atom is -0.494 e. The number of rotatable bonds is 9. The monoisotopic (exact) mass is 480 g/mol. The minimum absolute atomic E-state index is 0.160. The SMILES string of the molecule is CCOc1ccc(-c2ccc(CCc3ccc(C4=CCC(OCC)CC4)c(F)c3F)cc2)c(F)c1. The lowest BCUT2D eigenvalue weighted by Gasteiger charge is -2.22. The molecule has 0 amide bonds. The summed E-state index contributed by atoms with van der Waals surface area (Å²) in [5, 5.41) is 0. The van der Waals surface area contributed by atoms with Gasteiger partial charge in [0.2, 0.25) is 0 Å². The fourth-order valence-corrected chi connectivity index (χ4v) is 4.59. The summed E-state index contributed by atoms with van der Waals surface area (Å²) in [6.45, 7) is 4.95. The zero-order valence-electron chi connectivity index (χ0n) is 20.3. The van der Waals surface area contributed by atoms with Gasteiger partial charge in [-0.05, 0) is 80.3 Å². The van der Waals surface area contributed by atoms with E-state index in [1.807, 2.05) is 44.2 Å². The van der Waals surface area contributed by atoms with Crippen molar-refractivity contribution < 1.29 is 22.6 Å². The van der Waals surface area contributed by atoms with Crippen LogP contribution >= 0.6 is 0 Å². The second kappa shape index (κ2) is 11.6. The van der Waals surface area contributed by atoms with Gasteiger partial charge in [-0.1, -0.05) is 42.5 Å². The molecule has 3 aromatic rings. The summed E-state index contributed by atoms with van der Waals surface area (Å²) in [5.74, 6) is -1.39. The Balaban J connectivity index is 1.41. The molecule has 0 spiro atoms. The van der Waals surface area contributed by atoms with Crippen molar-refractivity contribution in [3.05, 3.63) is 94.8 Å². The van der Waals surface area contributed by atoms with Gasteiger partial charge in [0.1, 0.15) is 11.6 Å². The molecule has 0 saturated carbocycles. The van der Waals surface area contributed by atoms with E-state index in [4.69, 9.17) is 9.47 Å². The van der Waals surface area contributed by atoms with E-state index < -0.39 is 11.6 Å². The summed E-state index contributed by atoms with van der Waals surface area (Å²) >= 11 is 0. The van der Waals surface area contributed by atoms with E-state index in [1.54, 1.807) is 24.3 Å². The van der Waals surface area contributed by atoms with Crippen LogP contribution < -0.4 is 4.74 Å². The van der Waals surface area contributed by atoms with Gasteiger partial charge in [0.25, 0.3) is 0 Å². The first-order valence-corrected chi connectivity index (χ1v) is 12.3. The van der Waals surface area contributed by atoms with E-state index in [0.29, 0.717) is 54.9 Å². The first-order chi connectivity index (χ1) is 17.0. The molecule has 1 aliphatic carbocycles. The van der Waals surface area contributed by atoms with E-state index in [0.717, 1.165) is 29.5 Å². The van der Waals surface area contributed by atoms with Crippen LogP contribution in [0.3, 0.4) is 0 Å². The Hall–Kier alpha value is -3.05. The van der Waals surface area contributed by atoms with E-state index in [-0.39, 0.29) is 11.9 Å². The van der Waals surface area contributed by atoms with Crippen LogP contribution in [0.15, 0.2) is 60.7 Å². The first-order valence-electron chi connectivity index (χ1n) is 12.3. The number of hydrogen-bond donors (Lipinski definition) is 0. The molecule has 5 heteroatoms. The van der Waals surface area contributed by atoms with Crippen LogP contribution in [0.1, 0.15) is 49.8 Å². The highest BCUT2D eigenvalue weighted by Gasteiger charge is 2.20. The summed E-state index contributed by atoms with van der Waals surface area (Å²) in [6, 6.07) is 15.7. The fraction of sp³-hybridized carbons (Fsp3) is 0.333. The van der Waals surface area contributed by atoms with Crippen molar-refractivity contribution in [2.75, 3.05) is 13.2 Å². The van der Waals surface area contributed by atoms with Gasteiger partial charge in [-0.25, -0.2) is 13.2 Å². The molecule has 1 aliphatic rings. The van der Waals surface area contributed by atoms with Gasteiger partial charge in [-0.15, -0.1) is 0 Å². The largest absolute Gasteiger partial charge is 0.494 e. The smallest absolute Gasteiger partial charge is 0.166 e. The molecular formula is C30H31F3O2. The highest BCUT2D eigenvalue weighted by molar-refractivity contribution is 5.67. The van der Waals surface area contributed by atoms with E-state index in [2.05, 4.69) is 0 Å². The van der Waals surface area contributed by atoms with Crippen molar-refractivity contribution in [1.82, 2.24) is 0 Å². The number of benzene rings is 3. The van der Waals surface area contributed by atoms with Crippen LogP contribution in [-0.2, 0) is 17.6 Å². The van der Waals surface area contributed by atoms with Gasteiger partial charge in [-0.3, -0.25) is 0 Å². The molecule has 1 unspecified atom stereocenters. The summed E-state index contributed by atoms with van der Waals surface area (Å²) in [4.78, 5) is 0. The van der Waals surface area contributed by atoms with E-state index >= 15 is 0 Å². The number of aryl methyl sites for hydroxylation is 2. The fourth-order valence-electron chi connectivity index (χ4n) is 4.59. The van der Waals surface area contributed by atoms with Crippen LogP contribution in [0.5, 0.6) is 5.75 Å². The van der Waals surface area contributed by atoms with Crippen LogP contribution in [0, 0.1) is 17.5 Å².